The quantitative estimate of drug-likeness (QED) is 0.300. The van der Waals surface area contributed by atoms with Gasteiger partial charge < -0.3 is 0 Å². The van der Waals surface area contributed by atoms with Crippen molar-refractivity contribution in [2.45, 2.75) is 51.1 Å². The highest BCUT2D eigenvalue weighted by Gasteiger charge is 2.37. The molecule has 0 N–H and O–H groups in total. The van der Waals surface area contributed by atoms with Gasteiger partial charge >= 0.3 is 6.18 Å². The summed E-state index contributed by atoms with van der Waals surface area (Å²) in [6.07, 6.45) is 5.95. The van der Waals surface area contributed by atoms with Gasteiger partial charge in [0.05, 0.1) is 6.67 Å². The number of allylic oxidation sites excluding steroid dienone is 2. The van der Waals surface area contributed by atoms with Crippen molar-refractivity contribution in [1.29, 1.82) is 0 Å². The normalized spacial score (nSPS) is 19.8. The molecule has 6 heteroatoms. The van der Waals surface area contributed by atoms with Crippen LogP contribution < -0.4 is 0 Å². The van der Waals surface area contributed by atoms with Gasteiger partial charge in [-0.25, -0.2) is 8.78 Å². The summed E-state index contributed by atoms with van der Waals surface area (Å²) in [5.74, 6) is -2.03. The van der Waals surface area contributed by atoms with Crippen LogP contribution in [0.3, 0.4) is 0 Å². The summed E-state index contributed by atoms with van der Waals surface area (Å²) in [5, 5.41) is 0. The number of benzene rings is 2. The largest absolute Gasteiger partial charge is 0.422 e. The molecule has 0 amide bonds. The minimum absolute atomic E-state index is 0.0775. The van der Waals surface area contributed by atoms with E-state index in [-0.39, 0.29) is 12.2 Å². The van der Waals surface area contributed by atoms with Gasteiger partial charge in [-0.2, -0.15) is 13.2 Å². The maximum Gasteiger partial charge on any atom is 0.422 e. The van der Waals surface area contributed by atoms with Gasteiger partial charge in [-0.05, 0) is 85.6 Å². The first-order chi connectivity index (χ1) is 14.8. The van der Waals surface area contributed by atoms with Gasteiger partial charge in [0.25, 0.3) is 0 Å². The first-order valence-corrected chi connectivity index (χ1v) is 10.7. The van der Waals surface area contributed by atoms with Crippen LogP contribution in [-0.4, -0.2) is 6.67 Å². The Morgan fingerprint density at radius 3 is 2.03 bits per heavy atom. The number of alkyl halides is 4. The highest BCUT2D eigenvalue weighted by atomic mass is 19.4. The smallest absolute Gasteiger partial charge is 0.251 e. The van der Waals surface area contributed by atoms with E-state index in [9.17, 15) is 26.3 Å². The molecule has 0 aromatic heterocycles. The predicted octanol–water partition coefficient (Wildman–Crippen LogP) is 8.31. The molecule has 0 unspecified atom stereocenters. The second-order valence-electron chi connectivity index (χ2n) is 8.23. The Labute approximate surface area is 179 Å². The molecule has 1 fully saturated rings. The number of aryl methyl sites for hydroxylation is 1. The van der Waals surface area contributed by atoms with Crippen molar-refractivity contribution >= 4 is 0 Å². The van der Waals surface area contributed by atoms with Gasteiger partial charge in [0.2, 0.25) is 0 Å². The second-order valence-corrected chi connectivity index (χ2v) is 8.23. The van der Waals surface area contributed by atoms with Crippen LogP contribution in [0.4, 0.5) is 26.3 Å². The fraction of sp³-hybridized carbons (Fsp3) is 0.440. The predicted molar refractivity (Wildman–Crippen MR) is 110 cm³/mol. The molecule has 0 aliphatic heterocycles. The van der Waals surface area contributed by atoms with Gasteiger partial charge in [0.15, 0.2) is 0 Å². The Morgan fingerprint density at radius 2 is 1.48 bits per heavy atom. The maximum atomic E-state index is 13.8. The van der Waals surface area contributed by atoms with E-state index in [4.69, 9.17) is 0 Å². The van der Waals surface area contributed by atoms with E-state index in [0.29, 0.717) is 23.8 Å². The van der Waals surface area contributed by atoms with Crippen molar-refractivity contribution < 1.29 is 26.3 Å². The number of halogens is 6. The van der Waals surface area contributed by atoms with Crippen molar-refractivity contribution in [2.24, 2.45) is 11.8 Å². The first-order valence-electron chi connectivity index (χ1n) is 10.7. The van der Waals surface area contributed by atoms with Gasteiger partial charge in [-0.3, -0.25) is 4.39 Å². The monoisotopic (exact) mass is 440 g/mol. The molecule has 2 aromatic rings. The average Bonchev–Trinajstić information content (AvgIpc) is 2.72. The summed E-state index contributed by atoms with van der Waals surface area (Å²) in [6, 6.07) is 8.53. The van der Waals surface area contributed by atoms with Gasteiger partial charge in [0.1, 0.15) is 17.2 Å². The van der Waals surface area contributed by atoms with Crippen LogP contribution in [0.25, 0.3) is 11.1 Å². The Bertz CT molecular complexity index is 851. The lowest BCUT2D eigenvalue weighted by Gasteiger charge is -2.26. The standard InChI is InChI=1S/C25H26F6/c26-14-2-1-3-17-4-6-18(7-5-17)8-9-19-10-12-20(13-11-19)21-15-22(27)24(23(28)16-21)25(29,30)31/h1,3,10-13,15-18H,2,4-9,14H2/t17-,18-. The molecule has 0 bridgehead atoms. The molecule has 0 saturated heterocycles. The molecule has 1 aliphatic rings. The summed E-state index contributed by atoms with van der Waals surface area (Å²) in [4.78, 5) is 0. The van der Waals surface area contributed by atoms with Crippen LogP contribution in [-0.2, 0) is 12.6 Å². The topological polar surface area (TPSA) is 0 Å². The second kappa shape index (κ2) is 10.4. The molecule has 0 heterocycles. The van der Waals surface area contributed by atoms with E-state index in [1.54, 1.807) is 12.1 Å². The van der Waals surface area contributed by atoms with E-state index in [2.05, 4.69) is 6.08 Å². The van der Waals surface area contributed by atoms with E-state index < -0.39 is 23.4 Å². The molecule has 31 heavy (non-hydrogen) atoms. The van der Waals surface area contributed by atoms with E-state index in [1.807, 2.05) is 18.2 Å². The average molecular weight is 440 g/mol. The first kappa shape index (κ1) is 23.4. The molecule has 3 rings (SSSR count). The van der Waals surface area contributed by atoms with Crippen molar-refractivity contribution in [3.05, 3.63) is 71.3 Å². The maximum absolute atomic E-state index is 13.8. The summed E-state index contributed by atoms with van der Waals surface area (Å²) in [6.45, 7) is -0.312. The van der Waals surface area contributed by atoms with Crippen molar-refractivity contribution in [3.8, 4) is 11.1 Å². The van der Waals surface area contributed by atoms with E-state index >= 15 is 0 Å². The van der Waals surface area contributed by atoms with Crippen LogP contribution in [0, 0.1) is 23.5 Å². The number of rotatable bonds is 7. The van der Waals surface area contributed by atoms with Crippen molar-refractivity contribution in [2.75, 3.05) is 6.67 Å². The minimum Gasteiger partial charge on any atom is -0.251 e. The molecule has 168 valence electrons. The fourth-order valence-corrected chi connectivity index (χ4v) is 4.27. The number of hydrogen-bond acceptors (Lipinski definition) is 0. The summed E-state index contributed by atoms with van der Waals surface area (Å²) in [7, 11) is 0. The van der Waals surface area contributed by atoms with Crippen LogP contribution in [0.5, 0.6) is 0 Å². The van der Waals surface area contributed by atoms with Gasteiger partial charge in [0, 0.05) is 0 Å². The molecule has 1 saturated carbocycles. The highest BCUT2D eigenvalue weighted by Crippen LogP contribution is 2.36. The third-order valence-electron chi connectivity index (χ3n) is 6.03. The lowest BCUT2D eigenvalue weighted by atomic mass is 9.79. The zero-order valence-electron chi connectivity index (χ0n) is 17.2. The van der Waals surface area contributed by atoms with Crippen LogP contribution in [0.2, 0.25) is 0 Å². The molecule has 0 atom stereocenters. The summed E-state index contributed by atoms with van der Waals surface area (Å²) < 4.78 is 78.0. The molecular weight excluding hydrogens is 414 g/mol. The van der Waals surface area contributed by atoms with Crippen LogP contribution in [0.1, 0.15) is 49.7 Å². The van der Waals surface area contributed by atoms with Gasteiger partial charge in [-0.15, -0.1) is 0 Å². The summed E-state index contributed by atoms with van der Waals surface area (Å²) >= 11 is 0. The third kappa shape index (κ3) is 6.37. The summed E-state index contributed by atoms with van der Waals surface area (Å²) in [5.41, 5.74) is -0.230. The molecule has 0 nitrogen and oxygen atoms in total. The van der Waals surface area contributed by atoms with Crippen molar-refractivity contribution in [1.82, 2.24) is 0 Å². The molecular formula is C25H26F6. The Morgan fingerprint density at radius 1 is 0.871 bits per heavy atom. The Balaban J connectivity index is 1.56. The Hall–Kier alpha value is -2.24. The molecule has 0 radical (unpaired) electrons. The van der Waals surface area contributed by atoms with Gasteiger partial charge in [-0.1, -0.05) is 36.4 Å². The third-order valence-corrected chi connectivity index (χ3v) is 6.03. The van der Waals surface area contributed by atoms with Crippen molar-refractivity contribution in [3.63, 3.8) is 0 Å². The highest BCUT2D eigenvalue weighted by molar-refractivity contribution is 5.64. The lowest BCUT2D eigenvalue weighted by Crippen LogP contribution is -2.13. The molecule has 1 aliphatic carbocycles. The molecule has 0 spiro atoms. The zero-order valence-corrected chi connectivity index (χ0v) is 17.2. The Kier molecular flexibility index (Phi) is 7.84. The van der Waals surface area contributed by atoms with E-state index in [0.717, 1.165) is 56.2 Å². The number of hydrogen-bond donors (Lipinski definition) is 0. The molecule has 2 aromatic carbocycles. The van der Waals surface area contributed by atoms with E-state index in [1.165, 1.54) is 0 Å². The van der Waals surface area contributed by atoms with Crippen LogP contribution >= 0.6 is 0 Å². The van der Waals surface area contributed by atoms with Crippen LogP contribution in [0.15, 0.2) is 48.6 Å². The fourth-order valence-electron chi connectivity index (χ4n) is 4.27. The SMILES string of the molecule is FCCC=C[C@H]1CC[C@H](CCc2ccc(-c3cc(F)c(C(F)(F)F)c(F)c3)cc2)CC1. The minimum atomic E-state index is -5.07. The zero-order chi connectivity index (χ0) is 22.4. The lowest BCUT2D eigenvalue weighted by molar-refractivity contribution is -0.142.